The van der Waals surface area contributed by atoms with E-state index >= 15 is 0 Å². The average Bonchev–Trinajstić information content (AvgIpc) is 2.84. The van der Waals surface area contributed by atoms with E-state index in [1.54, 1.807) is 12.1 Å². The van der Waals surface area contributed by atoms with Crippen molar-refractivity contribution >= 4 is 21.9 Å². The Labute approximate surface area is 154 Å². The maximum Gasteiger partial charge on any atom is 0.305 e. The van der Waals surface area contributed by atoms with Crippen LogP contribution in [-0.4, -0.2) is 48.5 Å². The molecule has 0 radical (unpaired) electrons. The lowest BCUT2D eigenvalue weighted by Crippen LogP contribution is -2.40. The molecule has 1 heterocycles. The van der Waals surface area contributed by atoms with E-state index in [-0.39, 0.29) is 24.1 Å². The molecule has 0 saturated carbocycles. The van der Waals surface area contributed by atoms with Crippen LogP contribution in [0, 0.1) is 0 Å². The van der Waals surface area contributed by atoms with Gasteiger partial charge in [0.25, 0.3) is 0 Å². The number of hydrogen-bond donors (Lipinski definition) is 2. The monoisotopic (exact) mass is 382 g/mol. The zero-order valence-electron chi connectivity index (χ0n) is 15.4. The Morgan fingerprint density at radius 1 is 1.23 bits per heavy atom. The summed E-state index contributed by atoms with van der Waals surface area (Å²) < 4.78 is 24.8. The largest absolute Gasteiger partial charge is 0.481 e. The van der Waals surface area contributed by atoms with Crippen molar-refractivity contribution in [1.29, 1.82) is 0 Å². The fraction of sp³-hybridized carbons (Fsp3) is 0.556. The lowest BCUT2D eigenvalue weighted by molar-refractivity contribution is -0.137. The molecule has 0 aliphatic carbocycles. The molecule has 1 fully saturated rings. The highest BCUT2D eigenvalue weighted by atomic mass is 32.2. The minimum absolute atomic E-state index is 0.0335. The van der Waals surface area contributed by atoms with E-state index in [1.807, 2.05) is 12.1 Å². The summed E-state index contributed by atoms with van der Waals surface area (Å²) in [5.41, 5.74) is 1.75. The van der Waals surface area contributed by atoms with Crippen LogP contribution < -0.4 is 5.32 Å². The van der Waals surface area contributed by atoms with Gasteiger partial charge in [0.05, 0.1) is 24.8 Å². The molecule has 2 N–H and O–H groups in total. The first-order chi connectivity index (χ1) is 12.0. The highest BCUT2D eigenvalue weighted by Crippen LogP contribution is 2.25. The molecule has 26 heavy (non-hydrogen) atoms. The lowest BCUT2D eigenvalue weighted by Gasteiger charge is -2.22. The van der Waals surface area contributed by atoms with Gasteiger partial charge in [0.1, 0.15) is 0 Å². The number of carbonyl (C=O) groups excluding carboxylic acids is 1. The molecule has 1 saturated heterocycles. The van der Waals surface area contributed by atoms with Gasteiger partial charge < -0.3 is 10.4 Å². The number of benzene rings is 1. The molecule has 1 aromatic carbocycles. The summed E-state index contributed by atoms with van der Waals surface area (Å²) in [7, 11) is -3.37. The van der Waals surface area contributed by atoms with Crippen molar-refractivity contribution in [1.82, 2.24) is 9.62 Å². The van der Waals surface area contributed by atoms with Crippen molar-refractivity contribution in [3.05, 3.63) is 35.4 Å². The van der Waals surface area contributed by atoms with Crippen LogP contribution in [-0.2, 0) is 25.0 Å². The minimum Gasteiger partial charge on any atom is -0.481 e. The third kappa shape index (κ3) is 5.28. The predicted octanol–water partition coefficient (Wildman–Crippen LogP) is 1.65. The van der Waals surface area contributed by atoms with Gasteiger partial charge in [-0.15, -0.1) is 0 Å². The van der Waals surface area contributed by atoms with E-state index in [0.717, 1.165) is 9.87 Å². The first-order valence-corrected chi connectivity index (χ1v) is 10.2. The Morgan fingerprint density at radius 2 is 1.85 bits per heavy atom. The third-order valence-corrected chi connectivity index (χ3v) is 6.32. The summed E-state index contributed by atoms with van der Waals surface area (Å²) in [6.45, 7) is 6.27. The average molecular weight is 382 g/mol. The first kappa shape index (κ1) is 20.4. The predicted molar refractivity (Wildman–Crippen MR) is 98.3 cm³/mol. The van der Waals surface area contributed by atoms with Gasteiger partial charge in [0.2, 0.25) is 15.9 Å². The second-order valence-electron chi connectivity index (χ2n) is 7.59. The van der Waals surface area contributed by atoms with Gasteiger partial charge >= 0.3 is 5.97 Å². The molecule has 1 unspecified atom stereocenters. The van der Waals surface area contributed by atoms with Gasteiger partial charge in [-0.1, -0.05) is 45.0 Å². The topological polar surface area (TPSA) is 104 Å². The molecule has 0 spiro atoms. The number of carboxylic acids is 1. The van der Waals surface area contributed by atoms with E-state index in [2.05, 4.69) is 26.1 Å². The fourth-order valence-electron chi connectivity index (χ4n) is 2.91. The van der Waals surface area contributed by atoms with E-state index < -0.39 is 27.9 Å². The van der Waals surface area contributed by atoms with Crippen molar-refractivity contribution in [2.24, 2.45) is 0 Å². The Balaban J connectivity index is 2.12. The molecule has 144 valence electrons. The normalized spacial score (nSPS) is 18.4. The van der Waals surface area contributed by atoms with E-state index in [0.29, 0.717) is 18.5 Å². The van der Waals surface area contributed by atoms with Crippen molar-refractivity contribution in [2.75, 3.05) is 18.8 Å². The number of amides is 1. The SMILES string of the molecule is CC(C)(C)c1ccc(C(CC(=O)O)NC(=O)CN2CCCS2(=O)=O)cc1. The molecule has 1 aliphatic heterocycles. The Hall–Kier alpha value is -1.93. The van der Waals surface area contributed by atoms with Crippen LogP contribution in [0.2, 0.25) is 0 Å². The van der Waals surface area contributed by atoms with Crippen molar-refractivity contribution in [3.63, 3.8) is 0 Å². The van der Waals surface area contributed by atoms with E-state index in [9.17, 15) is 18.0 Å². The zero-order valence-corrected chi connectivity index (χ0v) is 16.2. The first-order valence-electron chi connectivity index (χ1n) is 8.58. The smallest absolute Gasteiger partial charge is 0.305 e. The molecule has 2 rings (SSSR count). The fourth-order valence-corrected chi connectivity index (χ4v) is 4.38. The Morgan fingerprint density at radius 3 is 2.31 bits per heavy atom. The molecular formula is C18H26N2O5S. The number of carboxylic acid groups (broad SMARTS) is 1. The standard InChI is InChI=1S/C18H26N2O5S/c1-18(2,3)14-7-5-13(6-8-14)15(11-17(22)23)19-16(21)12-20-9-4-10-26(20,24)25/h5-8,15H,4,9-12H2,1-3H3,(H,19,21)(H,22,23). The van der Waals surface area contributed by atoms with Gasteiger partial charge in [-0.2, -0.15) is 4.31 Å². The van der Waals surface area contributed by atoms with Crippen molar-refractivity contribution < 1.29 is 23.1 Å². The van der Waals surface area contributed by atoms with E-state index in [4.69, 9.17) is 5.11 Å². The molecule has 0 aromatic heterocycles. The molecule has 1 aromatic rings. The molecule has 8 heteroatoms. The summed E-state index contributed by atoms with van der Waals surface area (Å²) >= 11 is 0. The maximum atomic E-state index is 12.3. The third-order valence-electron chi connectivity index (χ3n) is 4.42. The Kier molecular flexibility index (Phi) is 6.08. The highest BCUT2D eigenvalue weighted by Gasteiger charge is 2.30. The second-order valence-corrected chi connectivity index (χ2v) is 9.68. The molecule has 7 nitrogen and oxygen atoms in total. The number of hydrogen-bond acceptors (Lipinski definition) is 4. The quantitative estimate of drug-likeness (QED) is 0.779. The maximum absolute atomic E-state index is 12.3. The van der Waals surface area contributed by atoms with Gasteiger partial charge in [0, 0.05) is 6.54 Å². The number of sulfonamides is 1. The number of carbonyl (C=O) groups is 2. The van der Waals surface area contributed by atoms with Crippen LogP contribution in [0.4, 0.5) is 0 Å². The Bertz CT molecular complexity index is 766. The summed E-state index contributed by atoms with van der Waals surface area (Å²) in [5.74, 6) is -1.49. The zero-order chi connectivity index (χ0) is 19.5. The summed E-state index contributed by atoms with van der Waals surface area (Å²) in [5, 5.41) is 11.8. The number of aliphatic carboxylic acids is 1. The number of rotatable bonds is 6. The minimum atomic E-state index is -3.37. The highest BCUT2D eigenvalue weighted by molar-refractivity contribution is 7.89. The molecule has 1 amide bonds. The summed E-state index contributed by atoms with van der Waals surface area (Å²) in [6, 6.07) is 6.74. The molecule has 0 bridgehead atoms. The van der Waals surface area contributed by atoms with Crippen molar-refractivity contribution in [2.45, 2.75) is 45.1 Å². The molecule has 1 aliphatic rings. The second kappa shape index (κ2) is 7.75. The van der Waals surface area contributed by atoms with Crippen LogP contribution in [0.25, 0.3) is 0 Å². The van der Waals surface area contributed by atoms with Crippen LogP contribution in [0.3, 0.4) is 0 Å². The van der Waals surface area contributed by atoms with E-state index in [1.165, 1.54) is 0 Å². The van der Waals surface area contributed by atoms with Gasteiger partial charge in [-0.3, -0.25) is 9.59 Å². The van der Waals surface area contributed by atoms with Crippen LogP contribution >= 0.6 is 0 Å². The summed E-state index contributed by atoms with van der Waals surface area (Å²) in [4.78, 5) is 23.4. The summed E-state index contributed by atoms with van der Waals surface area (Å²) in [6.07, 6.45) is 0.232. The van der Waals surface area contributed by atoms with Gasteiger partial charge in [-0.25, -0.2) is 8.42 Å². The van der Waals surface area contributed by atoms with Crippen LogP contribution in [0.15, 0.2) is 24.3 Å². The van der Waals surface area contributed by atoms with Gasteiger partial charge in [0.15, 0.2) is 0 Å². The lowest BCUT2D eigenvalue weighted by atomic mass is 9.86. The van der Waals surface area contributed by atoms with Crippen molar-refractivity contribution in [3.8, 4) is 0 Å². The number of nitrogens with zero attached hydrogens (tertiary/aromatic N) is 1. The molecular weight excluding hydrogens is 356 g/mol. The van der Waals surface area contributed by atoms with Crippen LogP contribution in [0.5, 0.6) is 0 Å². The molecule has 1 atom stereocenters. The van der Waals surface area contributed by atoms with Crippen LogP contribution in [0.1, 0.15) is 50.8 Å². The van der Waals surface area contributed by atoms with Gasteiger partial charge in [-0.05, 0) is 23.0 Å². The number of nitrogens with one attached hydrogen (secondary N) is 1.